The number of nitrogens with zero attached hydrogens (tertiary/aromatic N) is 1. The largest absolute Gasteiger partial charge is 0.352 e. The van der Waals surface area contributed by atoms with Crippen molar-refractivity contribution in [2.75, 3.05) is 33.7 Å². The van der Waals surface area contributed by atoms with Gasteiger partial charge in [-0.25, -0.2) is 0 Å². The van der Waals surface area contributed by atoms with Crippen LogP contribution >= 0.6 is 0 Å². The highest BCUT2D eigenvalue weighted by molar-refractivity contribution is 5.78. The minimum absolute atomic E-state index is 0.0610. The van der Waals surface area contributed by atoms with Crippen LogP contribution in [0.2, 0.25) is 0 Å². The molecule has 2 atom stereocenters. The Morgan fingerprint density at radius 1 is 1.64 bits per heavy atom. The third-order valence-corrected chi connectivity index (χ3v) is 2.70. The van der Waals surface area contributed by atoms with Crippen molar-refractivity contribution in [1.82, 2.24) is 15.5 Å². The molecule has 82 valence electrons. The second kappa shape index (κ2) is 5.32. The molecule has 1 heterocycles. The molecule has 0 saturated carbocycles. The van der Waals surface area contributed by atoms with Crippen molar-refractivity contribution < 1.29 is 4.79 Å². The lowest BCUT2D eigenvalue weighted by atomic mass is 10.1. The van der Waals surface area contributed by atoms with Gasteiger partial charge in [0.25, 0.3) is 0 Å². The van der Waals surface area contributed by atoms with Gasteiger partial charge in [-0.3, -0.25) is 4.79 Å². The molecule has 1 aliphatic rings. The van der Waals surface area contributed by atoms with Crippen LogP contribution < -0.4 is 10.6 Å². The fourth-order valence-electron chi connectivity index (χ4n) is 1.80. The third kappa shape index (κ3) is 3.27. The van der Waals surface area contributed by atoms with Crippen LogP contribution in [0.25, 0.3) is 0 Å². The van der Waals surface area contributed by atoms with Gasteiger partial charge >= 0.3 is 0 Å². The maximum Gasteiger partial charge on any atom is 0.224 e. The Morgan fingerprint density at radius 3 is 2.86 bits per heavy atom. The zero-order valence-electron chi connectivity index (χ0n) is 9.34. The smallest absolute Gasteiger partial charge is 0.224 e. The predicted octanol–water partition coefficient (Wildman–Crippen LogP) is -0.338. The lowest BCUT2D eigenvalue weighted by Crippen LogP contribution is -2.41. The minimum atomic E-state index is 0.0610. The van der Waals surface area contributed by atoms with Crippen LogP contribution in [0.3, 0.4) is 0 Å². The van der Waals surface area contributed by atoms with Gasteiger partial charge in [0.2, 0.25) is 5.91 Å². The maximum atomic E-state index is 11.6. The number of hydrogen-bond donors (Lipinski definition) is 2. The van der Waals surface area contributed by atoms with Gasteiger partial charge < -0.3 is 15.5 Å². The number of carbonyl (C=O) groups is 1. The van der Waals surface area contributed by atoms with Crippen molar-refractivity contribution in [1.29, 1.82) is 0 Å². The number of rotatable bonds is 4. The fourth-order valence-corrected chi connectivity index (χ4v) is 1.80. The van der Waals surface area contributed by atoms with E-state index in [1.807, 2.05) is 14.0 Å². The summed E-state index contributed by atoms with van der Waals surface area (Å²) in [4.78, 5) is 13.9. The van der Waals surface area contributed by atoms with Crippen LogP contribution in [-0.4, -0.2) is 50.6 Å². The van der Waals surface area contributed by atoms with E-state index in [4.69, 9.17) is 0 Å². The summed E-state index contributed by atoms with van der Waals surface area (Å²) in [6.07, 6.45) is 1.08. The standard InChI is InChI=1S/C10H21N3O/c1-8(6-11-2)10(14)12-9-4-5-13(3)7-9/h8-9,11H,4-7H2,1-3H3,(H,12,14). The molecule has 1 rings (SSSR count). The first-order valence-corrected chi connectivity index (χ1v) is 5.27. The van der Waals surface area contributed by atoms with Crippen molar-refractivity contribution in [3.05, 3.63) is 0 Å². The molecule has 0 spiro atoms. The highest BCUT2D eigenvalue weighted by Crippen LogP contribution is 2.06. The second-order valence-corrected chi connectivity index (χ2v) is 4.22. The molecule has 4 nitrogen and oxygen atoms in total. The molecule has 1 fully saturated rings. The van der Waals surface area contributed by atoms with E-state index in [1.165, 1.54) is 0 Å². The molecule has 1 saturated heterocycles. The predicted molar refractivity (Wildman–Crippen MR) is 57.1 cm³/mol. The summed E-state index contributed by atoms with van der Waals surface area (Å²) in [5.41, 5.74) is 0. The number of carbonyl (C=O) groups excluding carboxylic acids is 1. The van der Waals surface area contributed by atoms with Crippen LogP contribution in [0.5, 0.6) is 0 Å². The molecule has 14 heavy (non-hydrogen) atoms. The lowest BCUT2D eigenvalue weighted by Gasteiger charge is -2.16. The van der Waals surface area contributed by atoms with Crippen LogP contribution in [0.4, 0.5) is 0 Å². The molecule has 4 heteroatoms. The molecule has 0 aromatic carbocycles. The summed E-state index contributed by atoms with van der Waals surface area (Å²) in [6, 6.07) is 0.354. The second-order valence-electron chi connectivity index (χ2n) is 4.22. The summed E-state index contributed by atoms with van der Waals surface area (Å²) >= 11 is 0. The number of likely N-dealkylation sites (N-methyl/N-ethyl adjacent to an activating group) is 1. The van der Waals surface area contributed by atoms with E-state index >= 15 is 0 Å². The molecule has 0 aliphatic carbocycles. The van der Waals surface area contributed by atoms with E-state index in [9.17, 15) is 4.79 Å². The summed E-state index contributed by atoms with van der Waals surface area (Å²) in [7, 11) is 3.95. The van der Waals surface area contributed by atoms with Crippen LogP contribution in [-0.2, 0) is 4.79 Å². The first kappa shape index (κ1) is 11.5. The van der Waals surface area contributed by atoms with Gasteiger partial charge in [-0.1, -0.05) is 6.92 Å². The monoisotopic (exact) mass is 199 g/mol. The molecular weight excluding hydrogens is 178 g/mol. The van der Waals surface area contributed by atoms with Crippen LogP contribution in [0.1, 0.15) is 13.3 Å². The molecule has 2 unspecified atom stereocenters. The highest BCUT2D eigenvalue weighted by atomic mass is 16.1. The van der Waals surface area contributed by atoms with Gasteiger partial charge in [-0.15, -0.1) is 0 Å². The number of hydrogen-bond acceptors (Lipinski definition) is 3. The van der Waals surface area contributed by atoms with Gasteiger partial charge in [-0.05, 0) is 27.1 Å². The molecule has 0 bridgehead atoms. The van der Waals surface area contributed by atoms with Crippen molar-refractivity contribution in [3.63, 3.8) is 0 Å². The Hall–Kier alpha value is -0.610. The molecule has 1 amide bonds. The number of amides is 1. The summed E-state index contributed by atoms with van der Waals surface area (Å²) in [6.45, 7) is 4.77. The number of nitrogens with one attached hydrogen (secondary N) is 2. The van der Waals surface area contributed by atoms with Crippen LogP contribution in [0, 0.1) is 5.92 Å². The van der Waals surface area contributed by atoms with Crippen molar-refractivity contribution in [2.24, 2.45) is 5.92 Å². The maximum absolute atomic E-state index is 11.6. The summed E-state index contributed by atoms with van der Waals surface area (Å²) in [5.74, 6) is 0.227. The first-order chi connectivity index (χ1) is 6.63. The van der Waals surface area contributed by atoms with Crippen molar-refractivity contribution >= 4 is 5.91 Å². The SMILES string of the molecule is CNCC(C)C(=O)NC1CCN(C)C1. The topological polar surface area (TPSA) is 44.4 Å². The van der Waals surface area contributed by atoms with Gasteiger partial charge in [0.15, 0.2) is 0 Å². The summed E-state index contributed by atoms with van der Waals surface area (Å²) in [5, 5.41) is 6.08. The van der Waals surface area contributed by atoms with E-state index in [-0.39, 0.29) is 11.8 Å². The van der Waals surface area contributed by atoms with Gasteiger partial charge in [-0.2, -0.15) is 0 Å². The zero-order chi connectivity index (χ0) is 10.6. The third-order valence-electron chi connectivity index (χ3n) is 2.70. The number of likely N-dealkylation sites (tertiary alicyclic amines) is 1. The van der Waals surface area contributed by atoms with Crippen molar-refractivity contribution in [2.45, 2.75) is 19.4 Å². The lowest BCUT2D eigenvalue weighted by molar-refractivity contribution is -0.125. The van der Waals surface area contributed by atoms with E-state index in [1.54, 1.807) is 0 Å². The fraction of sp³-hybridized carbons (Fsp3) is 0.900. The van der Waals surface area contributed by atoms with Gasteiger partial charge in [0.1, 0.15) is 0 Å². The molecule has 2 N–H and O–H groups in total. The normalized spacial score (nSPS) is 24.9. The molecular formula is C10H21N3O. The first-order valence-electron chi connectivity index (χ1n) is 5.27. The van der Waals surface area contributed by atoms with Crippen molar-refractivity contribution in [3.8, 4) is 0 Å². The Morgan fingerprint density at radius 2 is 2.36 bits per heavy atom. The molecule has 1 aliphatic heterocycles. The molecule has 0 aromatic heterocycles. The highest BCUT2D eigenvalue weighted by Gasteiger charge is 2.22. The Bertz CT molecular complexity index is 196. The quantitative estimate of drug-likeness (QED) is 0.651. The Balaban J connectivity index is 2.26. The van der Waals surface area contributed by atoms with E-state index < -0.39 is 0 Å². The van der Waals surface area contributed by atoms with Crippen LogP contribution in [0.15, 0.2) is 0 Å². The average Bonchev–Trinajstić information content (AvgIpc) is 2.51. The van der Waals surface area contributed by atoms with E-state index in [2.05, 4.69) is 22.6 Å². The average molecular weight is 199 g/mol. The minimum Gasteiger partial charge on any atom is -0.352 e. The van der Waals surface area contributed by atoms with Gasteiger partial charge in [0, 0.05) is 25.0 Å². The molecule has 0 aromatic rings. The van der Waals surface area contributed by atoms with E-state index in [0.717, 1.165) is 26.1 Å². The Kier molecular flexibility index (Phi) is 4.35. The zero-order valence-corrected chi connectivity index (χ0v) is 9.34. The Labute approximate surface area is 86.0 Å². The van der Waals surface area contributed by atoms with E-state index in [0.29, 0.717) is 6.04 Å². The molecule has 0 radical (unpaired) electrons. The summed E-state index contributed by atoms with van der Waals surface area (Å²) < 4.78 is 0. The van der Waals surface area contributed by atoms with Gasteiger partial charge in [0.05, 0.1) is 0 Å².